The second-order valence-electron chi connectivity index (χ2n) is 8.69. The fraction of sp³-hybridized carbons (Fsp3) is 0.161. The summed E-state index contributed by atoms with van der Waals surface area (Å²) in [5.41, 5.74) is 1.63. The number of hydrogen-bond acceptors (Lipinski definition) is 4. The molecule has 0 aliphatic rings. The molecule has 0 aliphatic heterocycles. The van der Waals surface area contributed by atoms with E-state index in [2.05, 4.69) is 16.0 Å². The Balaban J connectivity index is 1.39. The van der Waals surface area contributed by atoms with Crippen LogP contribution in [0.25, 0.3) is 0 Å². The van der Waals surface area contributed by atoms with E-state index >= 15 is 0 Å². The smallest absolute Gasteiger partial charge is 0.326 e. The van der Waals surface area contributed by atoms with E-state index in [-0.39, 0.29) is 6.03 Å². The number of nitrogens with zero attached hydrogens (tertiary/aromatic N) is 1. The number of hydrogen-bond donors (Lipinski definition) is 3. The van der Waals surface area contributed by atoms with E-state index in [4.69, 9.17) is 9.47 Å². The van der Waals surface area contributed by atoms with Crippen LogP contribution in [0.5, 0.6) is 17.2 Å². The third-order valence-electron chi connectivity index (χ3n) is 5.72. The van der Waals surface area contributed by atoms with E-state index in [1.807, 2.05) is 37.3 Å². The van der Waals surface area contributed by atoms with Crippen molar-refractivity contribution >= 4 is 29.1 Å². The summed E-state index contributed by atoms with van der Waals surface area (Å²) in [4.78, 5) is 27.1. The van der Waals surface area contributed by atoms with Gasteiger partial charge in [-0.3, -0.25) is 4.90 Å². The summed E-state index contributed by atoms with van der Waals surface area (Å²) >= 11 is 0. The molecule has 0 aromatic heterocycles. The van der Waals surface area contributed by atoms with Crippen molar-refractivity contribution < 1.29 is 23.5 Å². The van der Waals surface area contributed by atoms with Crippen LogP contribution in [-0.2, 0) is 0 Å². The van der Waals surface area contributed by atoms with Crippen LogP contribution in [-0.4, -0.2) is 31.8 Å². The predicted octanol–water partition coefficient (Wildman–Crippen LogP) is 7.27. The average molecular weight is 543 g/mol. The number of benzene rings is 4. The molecule has 0 fully saturated rings. The molecular weight excluding hydrogens is 511 g/mol. The van der Waals surface area contributed by atoms with Gasteiger partial charge < -0.3 is 25.4 Å². The van der Waals surface area contributed by atoms with Crippen molar-refractivity contribution in [3.63, 3.8) is 0 Å². The Bertz CT molecular complexity index is 1380. The highest BCUT2D eigenvalue weighted by atomic mass is 19.1. The molecule has 8 nitrogen and oxygen atoms in total. The van der Waals surface area contributed by atoms with Crippen molar-refractivity contribution in [2.45, 2.75) is 13.3 Å². The van der Waals surface area contributed by atoms with Crippen LogP contribution in [0.2, 0.25) is 0 Å². The average Bonchev–Trinajstić information content (AvgIpc) is 2.95. The molecule has 0 aliphatic carbocycles. The topological polar surface area (TPSA) is 91.9 Å². The Hall–Kier alpha value is -5.05. The first-order valence-corrected chi connectivity index (χ1v) is 12.9. The van der Waals surface area contributed by atoms with Gasteiger partial charge in [-0.2, -0.15) is 0 Å². The van der Waals surface area contributed by atoms with Gasteiger partial charge in [0.15, 0.2) is 0 Å². The van der Waals surface area contributed by atoms with Crippen molar-refractivity contribution in [2.24, 2.45) is 0 Å². The molecule has 9 heteroatoms. The molecule has 0 saturated carbocycles. The highest BCUT2D eigenvalue weighted by Gasteiger charge is 2.16. The highest BCUT2D eigenvalue weighted by Crippen LogP contribution is 2.25. The number of rotatable bonds is 11. The first-order valence-electron chi connectivity index (χ1n) is 12.9. The van der Waals surface area contributed by atoms with Gasteiger partial charge in [-0.05, 0) is 92.2 Å². The number of carbonyl (C=O) groups is 2. The number of urea groups is 2. The van der Waals surface area contributed by atoms with Gasteiger partial charge in [0.25, 0.3) is 0 Å². The van der Waals surface area contributed by atoms with Crippen LogP contribution < -0.4 is 30.3 Å². The predicted molar refractivity (Wildman–Crippen MR) is 155 cm³/mol. The zero-order chi connectivity index (χ0) is 28.2. The van der Waals surface area contributed by atoms with E-state index in [1.54, 1.807) is 59.5 Å². The van der Waals surface area contributed by atoms with Gasteiger partial charge in [-0.1, -0.05) is 24.3 Å². The van der Waals surface area contributed by atoms with Crippen molar-refractivity contribution in [3.8, 4) is 17.2 Å². The lowest BCUT2D eigenvalue weighted by Gasteiger charge is -2.24. The number of carbonyl (C=O) groups excluding carboxylic acids is 2. The number of anilines is 3. The molecule has 0 bridgehead atoms. The fourth-order valence-corrected chi connectivity index (χ4v) is 3.84. The maximum Gasteiger partial charge on any atom is 0.326 e. The van der Waals surface area contributed by atoms with Crippen LogP contribution in [0.15, 0.2) is 103 Å². The molecule has 4 aromatic carbocycles. The molecule has 0 spiro atoms. The first kappa shape index (κ1) is 28.0. The Kier molecular flexibility index (Phi) is 9.93. The second kappa shape index (κ2) is 14.2. The normalized spacial score (nSPS) is 10.3. The lowest BCUT2D eigenvalue weighted by Crippen LogP contribution is -2.38. The van der Waals surface area contributed by atoms with E-state index in [0.29, 0.717) is 60.4 Å². The zero-order valence-corrected chi connectivity index (χ0v) is 22.1. The fourth-order valence-electron chi connectivity index (χ4n) is 3.84. The molecule has 3 N–H and O–H groups in total. The standard InChI is InChI=1S/C31H31FN4O4/c1-2-39-27-16-12-24(13-17-27)35-31(38)36(21-7-20-33-30(37)34-25-9-6-8-23(32)22-25)26-14-18-29(19-15-26)40-28-10-4-3-5-11-28/h3-6,8-19,22H,2,7,20-21H2,1H3,(H,35,38)(H2,33,34,37). The summed E-state index contributed by atoms with van der Waals surface area (Å²) in [6, 6.07) is 28.6. The molecule has 0 unspecified atom stereocenters. The zero-order valence-electron chi connectivity index (χ0n) is 22.1. The van der Waals surface area contributed by atoms with Gasteiger partial charge in [0, 0.05) is 30.2 Å². The van der Waals surface area contributed by atoms with Gasteiger partial charge in [0.2, 0.25) is 0 Å². The second-order valence-corrected chi connectivity index (χ2v) is 8.69. The Labute approximate surface area is 232 Å². The summed E-state index contributed by atoms with van der Waals surface area (Å²) in [6.07, 6.45) is 0.468. The summed E-state index contributed by atoms with van der Waals surface area (Å²) in [7, 11) is 0. The van der Waals surface area contributed by atoms with Gasteiger partial charge in [-0.25, -0.2) is 14.0 Å². The number of ether oxygens (including phenoxy) is 2. The Morgan fingerprint density at radius 1 is 0.775 bits per heavy atom. The largest absolute Gasteiger partial charge is 0.494 e. The summed E-state index contributed by atoms with van der Waals surface area (Å²) in [5.74, 6) is 1.63. The molecule has 4 aromatic rings. The van der Waals surface area contributed by atoms with Crippen LogP contribution in [0.3, 0.4) is 0 Å². The molecule has 40 heavy (non-hydrogen) atoms. The van der Waals surface area contributed by atoms with Crippen LogP contribution in [0.4, 0.5) is 31.0 Å². The van der Waals surface area contributed by atoms with E-state index in [1.165, 1.54) is 18.2 Å². The van der Waals surface area contributed by atoms with Crippen molar-refractivity contribution in [1.82, 2.24) is 5.32 Å². The minimum absolute atomic E-state index is 0.295. The van der Waals surface area contributed by atoms with Crippen LogP contribution in [0.1, 0.15) is 13.3 Å². The third kappa shape index (κ3) is 8.49. The summed E-state index contributed by atoms with van der Waals surface area (Å²) in [6.45, 7) is 3.08. The minimum Gasteiger partial charge on any atom is -0.494 e. The Morgan fingerprint density at radius 2 is 1.48 bits per heavy atom. The number of para-hydroxylation sites is 1. The van der Waals surface area contributed by atoms with E-state index in [0.717, 1.165) is 0 Å². The maximum absolute atomic E-state index is 13.4. The van der Waals surface area contributed by atoms with Gasteiger partial charge in [-0.15, -0.1) is 0 Å². The summed E-state index contributed by atoms with van der Waals surface area (Å²) in [5, 5.41) is 8.24. The van der Waals surface area contributed by atoms with Crippen molar-refractivity contribution in [3.05, 3.63) is 109 Å². The number of halogens is 1. The summed E-state index contributed by atoms with van der Waals surface area (Å²) < 4.78 is 24.7. The van der Waals surface area contributed by atoms with Gasteiger partial charge in [0.05, 0.1) is 6.61 Å². The molecule has 0 saturated heterocycles. The van der Waals surface area contributed by atoms with Crippen LogP contribution in [0, 0.1) is 5.82 Å². The SMILES string of the molecule is CCOc1ccc(NC(=O)N(CCCNC(=O)Nc2cccc(F)c2)c2ccc(Oc3ccccc3)cc2)cc1. The molecule has 0 radical (unpaired) electrons. The number of nitrogens with one attached hydrogen (secondary N) is 3. The quantitative estimate of drug-likeness (QED) is 0.174. The monoisotopic (exact) mass is 542 g/mol. The van der Waals surface area contributed by atoms with Gasteiger partial charge >= 0.3 is 12.1 Å². The lowest BCUT2D eigenvalue weighted by molar-refractivity contribution is 0.252. The lowest BCUT2D eigenvalue weighted by atomic mass is 10.2. The van der Waals surface area contributed by atoms with Crippen molar-refractivity contribution in [1.29, 1.82) is 0 Å². The Morgan fingerprint density at radius 3 is 2.17 bits per heavy atom. The van der Waals surface area contributed by atoms with E-state index < -0.39 is 11.8 Å². The van der Waals surface area contributed by atoms with Crippen molar-refractivity contribution in [2.75, 3.05) is 35.2 Å². The molecule has 0 heterocycles. The van der Waals surface area contributed by atoms with Gasteiger partial charge in [0.1, 0.15) is 23.1 Å². The molecule has 206 valence electrons. The third-order valence-corrected chi connectivity index (χ3v) is 5.72. The molecule has 4 amide bonds. The van der Waals surface area contributed by atoms with Crippen LogP contribution >= 0.6 is 0 Å². The molecular formula is C31H31FN4O4. The first-order chi connectivity index (χ1) is 19.5. The highest BCUT2D eigenvalue weighted by molar-refractivity contribution is 6.01. The van der Waals surface area contributed by atoms with E-state index in [9.17, 15) is 14.0 Å². The molecule has 4 rings (SSSR count). The molecule has 0 atom stereocenters. The minimum atomic E-state index is -0.460. The maximum atomic E-state index is 13.4. The number of amides is 4.